The van der Waals surface area contributed by atoms with Crippen molar-refractivity contribution in [3.8, 4) is 11.1 Å². The number of unbranched alkanes of at least 4 members (excludes halogenated alkanes) is 2. The molecule has 0 unspecified atom stereocenters. The zero-order valence-corrected chi connectivity index (χ0v) is 29.6. The van der Waals surface area contributed by atoms with Crippen molar-refractivity contribution in [2.45, 2.75) is 71.2 Å². The molecular formula is C38H48N8O4. The topological polar surface area (TPSA) is 121 Å². The molecule has 0 bridgehead atoms. The van der Waals surface area contributed by atoms with Gasteiger partial charge in [0.05, 0.1) is 37.7 Å². The van der Waals surface area contributed by atoms with Crippen molar-refractivity contribution in [1.82, 2.24) is 24.0 Å². The summed E-state index contributed by atoms with van der Waals surface area (Å²) in [5.41, 5.74) is 4.86. The summed E-state index contributed by atoms with van der Waals surface area (Å²) in [7, 11) is 1.70. The minimum Gasteiger partial charge on any atom is -0.392 e. The van der Waals surface area contributed by atoms with Crippen LogP contribution in [-0.2, 0) is 31.4 Å². The molecule has 1 amide bonds. The number of carbonyl (C=O) groups excluding carboxylic acids is 1. The van der Waals surface area contributed by atoms with E-state index in [-0.39, 0.29) is 23.6 Å². The van der Waals surface area contributed by atoms with E-state index in [1.54, 1.807) is 30.4 Å². The van der Waals surface area contributed by atoms with Gasteiger partial charge in [0, 0.05) is 75.0 Å². The molecule has 50 heavy (non-hydrogen) atoms. The van der Waals surface area contributed by atoms with E-state index < -0.39 is 0 Å². The third kappa shape index (κ3) is 6.55. The van der Waals surface area contributed by atoms with Crippen LogP contribution in [0, 0.1) is 0 Å². The van der Waals surface area contributed by atoms with Crippen molar-refractivity contribution in [1.29, 1.82) is 0 Å². The molecule has 3 aliphatic heterocycles. The van der Waals surface area contributed by atoms with Crippen molar-refractivity contribution in [2.75, 3.05) is 54.5 Å². The zero-order valence-electron chi connectivity index (χ0n) is 29.6. The molecule has 264 valence electrons. The fraction of sp³-hybridized carbons (Fsp3) is 0.474. The van der Waals surface area contributed by atoms with Crippen LogP contribution in [0.5, 0.6) is 0 Å². The Bertz CT molecular complexity index is 1910. The van der Waals surface area contributed by atoms with Crippen LogP contribution in [0.4, 0.5) is 23.0 Å². The van der Waals surface area contributed by atoms with Crippen molar-refractivity contribution < 1.29 is 14.6 Å². The molecule has 0 aromatic carbocycles. The minimum absolute atomic E-state index is 0.0666. The highest BCUT2D eigenvalue weighted by Crippen LogP contribution is 2.34. The Morgan fingerprint density at radius 3 is 2.56 bits per heavy atom. The number of anilines is 4. The minimum atomic E-state index is -0.320. The molecule has 0 radical (unpaired) electrons. The Morgan fingerprint density at radius 1 is 1.02 bits per heavy atom. The summed E-state index contributed by atoms with van der Waals surface area (Å²) >= 11 is 0. The molecule has 0 aliphatic carbocycles. The number of hydrogen-bond acceptors (Lipinski definition) is 9. The van der Waals surface area contributed by atoms with Crippen LogP contribution < -0.4 is 20.7 Å². The predicted molar refractivity (Wildman–Crippen MR) is 195 cm³/mol. The van der Waals surface area contributed by atoms with E-state index in [0.29, 0.717) is 58.8 Å². The normalized spacial score (nSPS) is 17.9. The first-order valence-electron chi connectivity index (χ1n) is 17.8. The third-order valence-corrected chi connectivity index (χ3v) is 10.4. The molecule has 12 heteroatoms. The smallest absolute Gasteiger partial charge is 0.276 e. The van der Waals surface area contributed by atoms with E-state index in [1.165, 1.54) is 10.1 Å². The molecule has 2 fully saturated rings. The molecule has 7 heterocycles. The summed E-state index contributed by atoms with van der Waals surface area (Å²) in [6, 6.07) is 10.0. The Kier molecular flexibility index (Phi) is 9.51. The molecule has 2 saturated heterocycles. The molecule has 4 aromatic rings. The lowest BCUT2D eigenvalue weighted by atomic mass is 9.96. The summed E-state index contributed by atoms with van der Waals surface area (Å²) in [5, 5.41) is 13.9. The lowest BCUT2D eigenvalue weighted by Crippen LogP contribution is -2.64. The maximum absolute atomic E-state index is 13.8. The van der Waals surface area contributed by atoms with Gasteiger partial charge < -0.3 is 29.2 Å². The van der Waals surface area contributed by atoms with E-state index in [1.807, 2.05) is 35.0 Å². The molecule has 4 aromatic heterocycles. The SMILES string of the molecule is CCCCCc1cc2n(c1)CCN(c1nccc(-c3cc(Nc4ccc(N5CCN(C6COC6)CC5(C)C)cn4)c(=O)n(C)c3)c1CO)C2=O. The first-order valence-corrected chi connectivity index (χ1v) is 17.8. The van der Waals surface area contributed by atoms with Crippen molar-refractivity contribution >= 4 is 28.9 Å². The highest BCUT2D eigenvalue weighted by molar-refractivity contribution is 6.06. The summed E-state index contributed by atoms with van der Waals surface area (Å²) in [5.74, 6) is 0.855. The number of amides is 1. The van der Waals surface area contributed by atoms with Crippen LogP contribution in [0.25, 0.3) is 11.1 Å². The summed E-state index contributed by atoms with van der Waals surface area (Å²) < 4.78 is 8.97. The molecule has 2 N–H and O–H groups in total. The summed E-state index contributed by atoms with van der Waals surface area (Å²) in [6.45, 7) is 11.9. The number of fused-ring (bicyclic) bond motifs is 1. The number of hydrogen-bond donors (Lipinski definition) is 2. The lowest BCUT2D eigenvalue weighted by Gasteiger charge is -2.51. The highest BCUT2D eigenvalue weighted by Gasteiger charge is 2.38. The highest BCUT2D eigenvalue weighted by atomic mass is 16.5. The average molecular weight is 681 g/mol. The van der Waals surface area contributed by atoms with Crippen molar-refractivity contribution in [3.05, 3.63) is 82.3 Å². The maximum atomic E-state index is 13.8. The van der Waals surface area contributed by atoms with Gasteiger partial charge in [-0.05, 0) is 68.1 Å². The predicted octanol–water partition coefficient (Wildman–Crippen LogP) is 4.57. The Balaban J connectivity index is 1.11. The van der Waals surface area contributed by atoms with Gasteiger partial charge in [0.2, 0.25) is 0 Å². The molecule has 0 spiro atoms. The molecule has 3 aliphatic rings. The number of pyridine rings is 3. The van der Waals surface area contributed by atoms with Gasteiger partial charge in [-0.3, -0.25) is 19.4 Å². The van der Waals surface area contributed by atoms with Gasteiger partial charge in [-0.2, -0.15) is 0 Å². The van der Waals surface area contributed by atoms with Crippen LogP contribution in [0.1, 0.15) is 61.6 Å². The van der Waals surface area contributed by atoms with Gasteiger partial charge in [-0.25, -0.2) is 9.97 Å². The van der Waals surface area contributed by atoms with Crippen LogP contribution in [0.15, 0.2) is 59.9 Å². The lowest BCUT2D eigenvalue weighted by molar-refractivity contribution is -0.0741. The number of carbonyl (C=O) groups is 1. The number of aliphatic hydroxyl groups is 1. The third-order valence-electron chi connectivity index (χ3n) is 10.4. The summed E-state index contributed by atoms with van der Waals surface area (Å²) in [4.78, 5) is 42.9. The first-order chi connectivity index (χ1) is 24.2. The van der Waals surface area contributed by atoms with Gasteiger partial charge in [-0.15, -0.1) is 0 Å². The van der Waals surface area contributed by atoms with Crippen molar-refractivity contribution in [2.24, 2.45) is 7.05 Å². The van der Waals surface area contributed by atoms with Gasteiger partial charge >= 0.3 is 0 Å². The molecule has 0 atom stereocenters. The number of piperazine rings is 1. The van der Waals surface area contributed by atoms with E-state index in [4.69, 9.17) is 9.72 Å². The second-order valence-corrected chi connectivity index (χ2v) is 14.4. The molecule has 7 rings (SSSR count). The monoisotopic (exact) mass is 680 g/mol. The Labute approximate surface area is 293 Å². The number of nitrogens with one attached hydrogen (secondary N) is 1. The number of aryl methyl sites for hydroxylation is 2. The van der Waals surface area contributed by atoms with E-state index in [9.17, 15) is 14.7 Å². The van der Waals surface area contributed by atoms with Gasteiger partial charge in [-0.1, -0.05) is 19.8 Å². The second-order valence-electron chi connectivity index (χ2n) is 14.4. The quantitative estimate of drug-likeness (QED) is 0.220. The van der Waals surface area contributed by atoms with Crippen LogP contribution in [0.2, 0.25) is 0 Å². The largest absolute Gasteiger partial charge is 0.392 e. The van der Waals surface area contributed by atoms with Crippen LogP contribution in [0.3, 0.4) is 0 Å². The molecule has 0 saturated carbocycles. The number of aliphatic hydroxyl groups excluding tert-OH is 1. The standard InChI is InChI=1S/C38H48N8O4/c1-5-6-7-8-26-17-33-37(49)45(15-13-43(33)20-26)35-31(22-47)30(11-12-39-35)27-18-32(36(48)42(4)21-27)41-34-10-9-28(19-40-34)46-16-14-44(25-38(46,2)3)29-23-50-24-29/h9-12,17-21,29,47H,5-8,13-16,22-25H2,1-4H3,(H,40,41). The van der Waals surface area contributed by atoms with Gasteiger partial charge in [0.25, 0.3) is 11.5 Å². The Morgan fingerprint density at radius 2 is 1.86 bits per heavy atom. The zero-order chi connectivity index (χ0) is 35.0. The molecule has 12 nitrogen and oxygen atoms in total. The first kappa shape index (κ1) is 34.0. The van der Waals surface area contributed by atoms with Gasteiger partial charge in [0.1, 0.15) is 23.0 Å². The maximum Gasteiger partial charge on any atom is 0.276 e. The number of nitrogens with zero attached hydrogens (tertiary/aromatic N) is 7. The fourth-order valence-corrected chi connectivity index (χ4v) is 7.56. The number of ether oxygens (including phenoxy) is 1. The van der Waals surface area contributed by atoms with E-state index >= 15 is 0 Å². The number of rotatable bonds is 11. The number of aromatic nitrogens is 4. The second kappa shape index (κ2) is 14.0. The fourth-order valence-electron chi connectivity index (χ4n) is 7.56. The van der Waals surface area contributed by atoms with E-state index in [0.717, 1.165) is 64.2 Å². The van der Waals surface area contributed by atoms with Gasteiger partial charge in [0.15, 0.2) is 0 Å². The van der Waals surface area contributed by atoms with Crippen molar-refractivity contribution in [3.63, 3.8) is 0 Å². The van der Waals surface area contributed by atoms with Crippen LogP contribution in [-0.4, -0.2) is 86.0 Å². The van der Waals surface area contributed by atoms with E-state index in [2.05, 4.69) is 47.1 Å². The summed E-state index contributed by atoms with van der Waals surface area (Å²) in [6.07, 6.45) is 11.7. The Hall–Kier alpha value is -4.52. The molecular weight excluding hydrogens is 632 g/mol. The van der Waals surface area contributed by atoms with Crippen LogP contribution >= 0.6 is 0 Å². The average Bonchev–Trinajstić information content (AvgIpc) is 3.50.